The number of benzene rings is 2. The van der Waals surface area contributed by atoms with Crippen LogP contribution in [-0.4, -0.2) is 34.3 Å². The van der Waals surface area contributed by atoms with Crippen LogP contribution in [0, 0.1) is 0 Å². The number of thiazole rings is 1. The van der Waals surface area contributed by atoms with Crippen molar-refractivity contribution in [2.45, 2.75) is 33.1 Å². The lowest BCUT2D eigenvalue weighted by atomic mass is 10.2. The second-order valence-corrected chi connectivity index (χ2v) is 9.62. The molecule has 0 unspecified atom stereocenters. The van der Waals surface area contributed by atoms with Gasteiger partial charge in [0.2, 0.25) is 4.96 Å². The van der Waals surface area contributed by atoms with Crippen molar-refractivity contribution in [1.29, 1.82) is 0 Å². The van der Waals surface area contributed by atoms with Crippen LogP contribution < -0.4 is 24.3 Å². The number of fused-ring (bicyclic) bond motifs is 1. The Labute approximate surface area is 214 Å². The SMILES string of the molecule is CCCCCOc1ccc(-c2nc3s/c(=C/c4cc(Br)c(OC(C)=O)c(OC)c4)c(=O)n3n2)cc1. The van der Waals surface area contributed by atoms with Crippen LogP contribution in [0.25, 0.3) is 22.4 Å². The molecular weight excluding hydrogens is 534 g/mol. The summed E-state index contributed by atoms with van der Waals surface area (Å²) in [5.74, 6) is 1.47. The summed E-state index contributed by atoms with van der Waals surface area (Å²) < 4.78 is 18.6. The number of carbonyl (C=O) groups is 1. The number of hydrogen-bond acceptors (Lipinski definition) is 8. The van der Waals surface area contributed by atoms with E-state index in [1.54, 1.807) is 18.2 Å². The third kappa shape index (κ3) is 5.71. The molecule has 0 fully saturated rings. The van der Waals surface area contributed by atoms with Gasteiger partial charge in [0.05, 0.1) is 22.7 Å². The Kier molecular flexibility index (Phi) is 7.82. The second kappa shape index (κ2) is 11.0. The van der Waals surface area contributed by atoms with Crippen LogP contribution >= 0.6 is 27.3 Å². The number of nitrogens with zero attached hydrogens (tertiary/aromatic N) is 3. The summed E-state index contributed by atoms with van der Waals surface area (Å²) in [7, 11) is 1.48. The largest absolute Gasteiger partial charge is 0.494 e. The second-order valence-electron chi connectivity index (χ2n) is 7.75. The van der Waals surface area contributed by atoms with E-state index in [1.807, 2.05) is 24.3 Å². The Morgan fingerprint density at radius 3 is 2.63 bits per heavy atom. The van der Waals surface area contributed by atoms with Crippen molar-refractivity contribution in [2.24, 2.45) is 0 Å². The molecule has 8 nitrogen and oxygen atoms in total. The summed E-state index contributed by atoms with van der Waals surface area (Å²) in [4.78, 5) is 29.4. The molecule has 0 aliphatic heterocycles. The maximum absolute atomic E-state index is 13.0. The molecule has 0 amide bonds. The number of methoxy groups -OCH3 is 1. The smallest absolute Gasteiger partial charge is 0.308 e. The van der Waals surface area contributed by atoms with Gasteiger partial charge in [-0.1, -0.05) is 31.1 Å². The van der Waals surface area contributed by atoms with Crippen LogP contribution in [-0.2, 0) is 4.79 Å². The number of rotatable bonds is 9. The van der Waals surface area contributed by atoms with E-state index in [2.05, 4.69) is 32.9 Å². The third-order valence-corrected chi connectivity index (χ3v) is 6.65. The Morgan fingerprint density at radius 2 is 1.97 bits per heavy atom. The van der Waals surface area contributed by atoms with E-state index in [9.17, 15) is 9.59 Å². The van der Waals surface area contributed by atoms with Crippen molar-refractivity contribution < 1.29 is 19.0 Å². The molecule has 0 radical (unpaired) electrons. The van der Waals surface area contributed by atoms with Crippen LogP contribution in [0.4, 0.5) is 0 Å². The highest BCUT2D eigenvalue weighted by atomic mass is 79.9. The summed E-state index contributed by atoms with van der Waals surface area (Å²) >= 11 is 4.64. The fourth-order valence-electron chi connectivity index (χ4n) is 3.42. The monoisotopic (exact) mass is 557 g/mol. The van der Waals surface area contributed by atoms with Gasteiger partial charge < -0.3 is 14.2 Å². The molecule has 0 atom stereocenters. The molecular formula is C25H24BrN3O5S. The van der Waals surface area contributed by atoms with E-state index in [0.29, 0.717) is 37.7 Å². The number of aromatic nitrogens is 3. The third-order valence-electron chi connectivity index (χ3n) is 5.11. The molecule has 0 N–H and O–H groups in total. The zero-order valence-electron chi connectivity index (χ0n) is 19.5. The average molecular weight is 558 g/mol. The summed E-state index contributed by atoms with van der Waals surface area (Å²) in [6, 6.07) is 11.0. The number of ether oxygens (including phenoxy) is 3. The fraction of sp³-hybridized carbons (Fsp3) is 0.280. The Balaban J connectivity index is 1.59. The first kappa shape index (κ1) is 24.9. The Bertz CT molecular complexity index is 1460. The normalized spacial score (nSPS) is 11.7. The van der Waals surface area contributed by atoms with E-state index in [1.165, 1.54) is 29.9 Å². The van der Waals surface area contributed by atoms with Gasteiger partial charge in [0.1, 0.15) is 5.75 Å². The molecule has 0 aliphatic rings. The summed E-state index contributed by atoms with van der Waals surface area (Å²) in [5.41, 5.74) is 1.24. The Morgan fingerprint density at radius 1 is 1.20 bits per heavy atom. The first-order chi connectivity index (χ1) is 16.9. The molecule has 2 heterocycles. The number of halogens is 1. The molecule has 0 saturated heterocycles. The molecule has 0 aliphatic carbocycles. The van der Waals surface area contributed by atoms with E-state index in [-0.39, 0.29) is 11.3 Å². The molecule has 4 rings (SSSR count). The number of esters is 1. The van der Waals surface area contributed by atoms with Crippen molar-refractivity contribution in [2.75, 3.05) is 13.7 Å². The molecule has 0 spiro atoms. The number of hydrogen-bond donors (Lipinski definition) is 0. The molecule has 2 aromatic carbocycles. The summed E-state index contributed by atoms with van der Waals surface area (Å²) in [5, 5.41) is 4.41. The van der Waals surface area contributed by atoms with E-state index < -0.39 is 5.97 Å². The van der Waals surface area contributed by atoms with Gasteiger partial charge in [-0.05, 0) is 70.4 Å². The Hall–Kier alpha value is -3.24. The fourth-order valence-corrected chi connectivity index (χ4v) is 4.86. The predicted octanol–water partition coefficient (Wildman–Crippen LogP) is 4.63. The van der Waals surface area contributed by atoms with Crippen molar-refractivity contribution >= 4 is 44.3 Å². The molecule has 0 bridgehead atoms. The van der Waals surface area contributed by atoms with Crippen molar-refractivity contribution in [1.82, 2.24) is 14.6 Å². The maximum atomic E-state index is 13.0. The summed E-state index contributed by atoms with van der Waals surface area (Å²) in [6.07, 6.45) is 5.05. The predicted molar refractivity (Wildman–Crippen MR) is 138 cm³/mol. The number of unbranched alkanes of at least 4 members (excludes halogenated alkanes) is 2. The molecule has 2 aromatic heterocycles. The lowest BCUT2D eigenvalue weighted by molar-refractivity contribution is -0.132. The van der Waals surface area contributed by atoms with Gasteiger partial charge in [-0.2, -0.15) is 9.50 Å². The van der Waals surface area contributed by atoms with Gasteiger partial charge in [0, 0.05) is 12.5 Å². The highest BCUT2D eigenvalue weighted by Crippen LogP contribution is 2.37. The molecule has 0 saturated carbocycles. The number of carbonyl (C=O) groups excluding carboxylic acids is 1. The van der Waals surface area contributed by atoms with Crippen LogP contribution in [0.3, 0.4) is 0 Å². The van der Waals surface area contributed by atoms with Crippen molar-refractivity contribution in [3.8, 4) is 28.6 Å². The van der Waals surface area contributed by atoms with Gasteiger partial charge in [-0.15, -0.1) is 5.10 Å². The lowest BCUT2D eigenvalue weighted by Crippen LogP contribution is -2.23. The highest BCUT2D eigenvalue weighted by molar-refractivity contribution is 9.10. The van der Waals surface area contributed by atoms with Gasteiger partial charge in [0.15, 0.2) is 17.3 Å². The first-order valence-electron chi connectivity index (χ1n) is 11.1. The highest BCUT2D eigenvalue weighted by Gasteiger charge is 2.15. The molecule has 35 heavy (non-hydrogen) atoms. The van der Waals surface area contributed by atoms with Gasteiger partial charge >= 0.3 is 5.97 Å². The minimum absolute atomic E-state index is 0.265. The standard InChI is InChI=1S/C25H24BrN3O5S/c1-4-5-6-11-33-18-9-7-17(8-10-18)23-27-25-29(28-23)24(31)21(35-25)14-16-12-19(26)22(34-15(2)30)20(13-16)32-3/h7-10,12-14H,4-6,11H2,1-3H3/b21-14+. The first-order valence-corrected chi connectivity index (χ1v) is 12.7. The minimum Gasteiger partial charge on any atom is -0.494 e. The van der Waals surface area contributed by atoms with E-state index in [0.717, 1.165) is 30.6 Å². The molecule has 10 heteroatoms. The summed E-state index contributed by atoms with van der Waals surface area (Å²) in [6.45, 7) is 4.17. The van der Waals surface area contributed by atoms with Gasteiger partial charge in [-0.25, -0.2) is 0 Å². The zero-order valence-corrected chi connectivity index (χ0v) is 21.9. The van der Waals surface area contributed by atoms with Crippen LogP contribution in [0.1, 0.15) is 38.7 Å². The quantitative estimate of drug-likeness (QED) is 0.168. The minimum atomic E-state index is -0.460. The molecule has 182 valence electrons. The van der Waals surface area contributed by atoms with Crippen molar-refractivity contribution in [3.63, 3.8) is 0 Å². The molecule has 4 aromatic rings. The van der Waals surface area contributed by atoms with Crippen molar-refractivity contribution in [3.05, 3.63) is 61.3 Å². The van der Waals surface area contributed by atoms with Crippen LogP contribution in [0.2, 0.25) is 0 Å². The van der Waals surface area contributed by atoms with Gasteiger partial charge in [-0.3, -0.25) is 9.59 Å². The lowest BCUT2D eigenvalue weighted by Gasteiger charge is -2.10. The zero-order chi connectivity index (χ0) is 24.9. The van der Waals surface area contributed by atoms with E-state index >= 15 is 0 Å². The van der Waals surface area contributed by atoms with Crippen LogP contribution in [0.5, 0.6) is 17.2 Å². The van der Waals surface area contributed by atoms with Crippen LogP contribution in [0.15, 0.2) is 45.7 Å². The van der Waals surface area contributed by atoms with E-state index in [4.69, 9.17) is 14.2 Å². The van der Waals surface area contributed by atoms with Gasteiger partial charge in [0.25, 0.3) is 5.56 Å². The topological polar surface area (TPSA) is 92.0 Å². The average Bonchev–Trinajstić information content (AvgIpc) is 3.38. The maximum Gasteiger partial charge on any atom is 0.308 e.